The van der Waals surface area contributed by atoms with Crippen LogP contribution < -0.4 is 10.1 Å². The molecule has 0 amide bonds. The molecule has 2 unspecified atom stereocenters. The van der Waals surface area contributed by atoms with E-state index in [-0.39, 0.29) is 0 Å². The van der Waals surface area contributed by atoms with E-state index < -0.39 is 0 Å². The first kappa shape index (κ1) is 16.3. The van der Waals surface area contributed by atoms with Crippen LogP contribution in [0.25, 0.3) is 0 Å². The summed E-state index contributed by atoms with van der Waals surface area (Å²) in [7, 11) is 2.01. The SMILES string of the molecule is CCOc1ccc(C(C)NC)cc1CN1CCC(CC)C1. The molecule has 0 bridgehead atoms. The van der Waals surface area contributed by atoms with Crippen LogP contribution in [0, 0.1) is 5.92 Å². The van der Waals surface area contributed by atoms with Crippen molar-refractivity contribution in [1.29, 1.82) is 0 Å². The molecule has 1 aromatic carbocycles. The zero-order valence-corrected chi connectivity index (χ0v) is 14.0. The van der Waals surface area contributed by atoms with Gasteiger partial charge in [-0.05, 0) is 57.5 Å². The molecule has 1 fully saturated rings. The fourth-order valence-electron chi connectivity index (χ4n) is 3.09. The van der Waals surface area contributed by atoms with Gasteiger partial charge >= 0.3 is 0 Å². The Morgan fingerprint density at radius 3 is 2.81 bits per heavy atom. The molecule has 1 heterocycles. The Kier molecular flexibility index (Phi) is 6.07. The number of nitrogens with one attached hydrogen (secondary N) is 1. The predicted molar refractivity (Wildman–Crippen MR) is 88.8 cm³/mol. The second kappa shape index (κ2) is 7.81. The van der Waals surface area contributed by atoms with Gasteiger partial charge in [0.15, 0.2) is 0 Å². The van der Waals surface area contributed by atoms with Crippen LogP contribution in [0.2, 0.25) is 0 Å². The van der Waals surface area contributed by atoms with Gasteiger partial charge < -0.3 is 10.1 Å². The summed E-state index contributed by atoms with van der Waals surface area (Å²) in [5.74, 6) is 1.92. The van der Waals surface area contributed by atoms with E-state index in [4.69, 9.17) is 4.74 Å². The highest BCUT2D eigenvalue weighted by Gasteiger charge is 2.22. The van der Waals surface area contributed by atoms with Crippen molar-refractivity contribution in [1.82, 2.24) is 10.2 Å². The predicted octanol–water partition coefficient (Wildman–Crippen LogP) is 3.60. The summed E-state index contributed by atoms with van der Waals surface area (Å²) in [5, 5.41) is 3.32. The summed E-state index contributed by atoms with van der Waals surface area (Å²) >= 11 is 0. The van der Waals surface area contributed by atoms with Crippen molar-refractivity contribution in [3.05, 3.63) is 29.3 Å². The largest absolute Gasteiger partial charge is 0.494 e. The van der Waals surface area contributed by atoms with Gasteiger partial charge in [-0.1, -0.05) is 19.4 Å². The van der Waals surface area contributed by atoms with Gasteiger partial charge in [0.2, 0.25) is 0 Å². The molecular formula is C18H30N2O. The Bertz CT molecular complexity index is 447. The molecule has 118 valence electrons. The standard InChI is InChI=1S/C18H30N2O/c1-5-15-9-10-20(12-15)13-17-11-16(14(3)19-4)7-8-18(17)21-6-2/h7-8,11,14-15,19H,5-6,9-10,12-13H2,1-4H3. The highest BCUT2D eigenvalue weighted by Crippen LogP contribution is 2.28. The van der Waals surface area contributed by atoms with E-state index in [1.54, 1.807) is 0 Å². The van der Waals surface area contributed by atoms with Gasteiger partial charge in [0.05, 0.1) is 6.61 Å². The molecule has 1 saturated heterocycles. The highest BCUT2D eigenvalue weighted by atomic mass is 16.5. The third-order valence-corrected chi connectivity index (χ3v) is 4.66. The van der Waals surface area contributed by atoms with E-state index in [0.29, 0.717) is 6.04 Å². The lowest BCUT2D eigenvalue weighted by molar-refractivity contribution is 0.295. The minimum absolute atomic E-state index is 0.376. The molecule has 3 heteroatoms. The van der Waals surface area contributed by atoms with E-state index in [9.17, 15) is 0 Å². The minimum atomic E-state index is 0.376. The number of hydrogen-bond donors (Lipinski definition) is 1. The quantitative estimate of drug-likeness (QED) is 0.830. The number of likely N-dealkylation sites (tertiary alicyclic amines) is 1. The van der Waals surface area contributed by atoms with Crippen LogP contribution in [-0.2, 0) is 6.54 Å². The van der Waals surface area contributed by atoms with Crippen LogP contribution in [-0.4, -0.2) is 31.6 Å². The number of ether oxygens (including phenoxy) is 1. The summed E-state index contributed by atoms with van der Waals surface area (Å²) in [6, 6.07) is 7.00. The fraction of sp³-hybridized carbons (Fsp3) is 0.667. The third kappa shape index (κ3) is 4.21. The third-order valence-electron chi connectivity index (χ3n) is 4.66. The first-order valence-electron chi connectivity index (χ1n) is 8.33. The maximum Gasteiger partial charge on any atom is 0.123 e. The second-order valence-electron chi connectivity index (χ2n) is 6.11. The van der Waals surface area contributed by atoms with Crippen LogP contribution >= 0.6 is 0 Å². The number of hydrogen-bond acceptors (Lipinski definition) is 3. The van der Waals surface area contributed by atoms with Crippen LogP contribution in [0.15, 0.2) is 18.2 Å². The van der Waals surface area contributed by atoms with Crippen molar-refractivity contribution in [2.75, 3.05) is 26.7 Å². The Balaban J connectivity index is 2.14. The zero-order valence-electron chi connectivity index (χ0n) is 14.0. The smallest absolute Gasteiger partial charge is 0.123 e. The number of benzene rings is 1. The Morgan fingerprint density at radius 2 is 2.19 bits per heavy atom. The van der Waals surface area contributed by atoms with E-state index >= 15 is 0 Å². The second-order valence-corrected chi connectivity index (χ2v) is 6.11. The molecule has 1 aliphatic heterocycles. The van der Waals surface area contributed by atoms with Crippen molar-refractivity contribution >= 4 is 0 Å². The molecule has 3 nitrogen and oxygen atoms in total. The normalized spacial score (nSPS) is 20.7. The number of nitrogens with zero attached hydrogens (tertiary/aromatic N) is 1. The van der Waals surface area contributed by atoms with Crippen molar-refractivity contribution in [3.63, 3.8) is 0 Å². The van der Waals surface area contributed by atoms with Gasteiger partial charge in [0.1, 0.15) is 5.75 Å². The van der Waals surface area contributed by atoms with Gasteiger partial charge in [-0.25, -0.2) is 0 Å². The maximum absolute atomic E-state index is 5.82. The molecule has 0 spiro atoms. The summed E-state index contributed by atoms with van der Waals surface area (Å²) < 4.78 is 5.82. The van der Waals surface area contributed by atoms with Gasteiger partial charge in [-0.15, -0.1) is 0 Å². The fourth-order valence-corrected chi connectivity index (χ4v) is 3.09. The van der Waals surface area contributed by atoms with E-state index in [1.165, 1.54) is 37.1 Å². The molecular weight excluding hydrogens is 260 g/mol. The number of rotatable bonds is 7. The molecule has 0 radical (unpaired) electrons. The molecule has 21 heavy (non-hydrogen) atoms. The zero-order chi connectivity index (χ0) is 15.2. The average Bonchev–Trinajstić information content (AvgIpc) is 2.96. The van der Waals surface area contributed by atoms with Crippen molar-refractivity contribution in [2.24, 2.45) is 5.92 Å². The topological polar surface area (TPSA) is 24.5 Å². The van der Waals surface area contributed by atoms with Gasteiger partial charge in [-0.2, -0.15) is 0 Å². The molecule has 0 saturated carbocycles. The van der Waals surface area contributed by atoms with Crippen molar-refractivity contribution in [2.45, 2.75) is 46.2 Å². The van der Waals surface area contributed by atoms with Gasteiger partial charge in [0.25, 0.3) is 0 Å². The monoisotopic (exact) mass is 290 g/mol. The lowest BCUT2D eigenvalue weighted by atomic mass is 10.0. The van der Waals surface area contributed by atoms with Crippen LogP contribution in [0.5, 0.6) is 5.75 Å². The van der Waals surface area contributed by atoms with E-state index in [2.05, 4.69) is 49.2 Å². The molecule has 0 aromatic heterocycles. The van der Waals surface area contributed by atoms with Crippen LogP contribution in [0.1, 0.15) is 50.8 Å². The molecule has 1 aromatic rings. The van der Waals surface area contributed by atoms with Crippen LogP contribution in [0.4, 0.5) is 0 Å². The van der Waals surface area contributed by atoms with Gasteiger partial charge in [0, 0.05) is 24.7 Å². The summed E-state index contributed by atoms with van der Waals surface area (Å²) in [5.41, 5.74) is 2.66. The molecule has 1 N–H and O–H groups in total. The maximum atomic E-state index is 5.82. The molecule has 2 rings (SSSR count). The summed E-state index contributed by atoms with van der Waals surface area (Å²) in [6.07, 6.45) is 2.64. The van der Waals surface area contributed by atoms with Crippen LogP contribution in [0.3, 0.4) is 0 Å². The Labute approximate surface area is 129 Å². The first-order valence-corrected chi connectivity index (χ1v) is 8.33. The van der Waals surface area contributed by atoms with E-state index in [1.807, 2.05) is 7.05 Å². The molecule has 0 aliphatic carbocycles. The van der Waals surface area contributed by atoms with E-state index in [0.717, 1.165) is 24.8 Å². The first-order chi connectivity index (χ1) is 10.2. The summed E-state index contributed by atoms with van der Waals surface area (Å²) in [6.45, 7) is 10.7. The lowest BCUT2D eigenvalue weighted by Crippen LogP contribution is -2.21. The van der Waals surface area contributed by atoms with Crippen molar-refractivity contribution in [3.8, 4) is 5.75 Å². The Morgan fingerprint density at radius 1 is 1.38 bits per heavy atom. The highest BCUT2D eigenvalue weighted by molar-refractivity contribution is 5.38. The lowest BCUT2D eigenvalue weighted by Gasteiger charge is -2.20. The van der Waals surface area contributed by atoms with Crippen molar-refractivity contribution < 1.29 is 4.74 Å². The average molecular weight is 290 g/mol. The Hall–Kier alpha value is -1.06. The minimum Gasteiger partial charge on any atom is -0.494 e. The van der Waals surface area contributed by atoms with Gasteiger partial charge in [-0.3, -0.25) is 4.90 Å². The molecule has 2 atom stereocenters. The summed E-state index contributed by atoms with van der Waals surface area (Å²) in [4.78, 5) is 2.57. The molecule has 1 aliphatic rings.